The monoisotopic (exact) mass is 217 g/mol. The minimum absolute atomic E-state index is 0.0711. The Labute approximate surface area is 84.8 Å². The summed E-state index contributed by atoms with van der Waals surface area (Å²) >= 11 is 0. The van der Waals surface area contributed by atoms with Gasteiger partial charge in [-0.15, -0.1) is 0 Å². The van der Waals surface area contributed by atoms with Crippen molar-refractivity contribution in [1.82, 2.24) is 4.98 Å². The van der Waals surface area contributed by atoms with Crippen molar-refractivity contribution >= 4 is 0 Å². The highest BCUT2D eigenvalue weighted by Gasteiger charge is 2.52. The molecular weight excluding hydrogens is 207 g/mol. The Bertz CT molecular complexity index is 373. The molecule has 1 aromatic heterocycles. The van der Waals surface area contributed by atoms with Gasteiger partial charge in [-0.25, -0.2) is 0 Å². The number of aliphatic hydroxyl groups is 1. The van der Waals surface area contributed by atoms with Gasteiger partial charge in [-0.3, -0.25) is 4.98 Å². The summed E-state index contributed by atoms with van der Waals surface area (Å²) < 4.78 is 36.6. The first-order valence-electron chi connectivity index (χ1n) is 4.60. The van der Waals surface area contributed by atoms with Crippen molar-refractivity contribution in [2.75, 3.05) is 0 Å². The second-order valence-electron chi connectivity index (χ2n) is 3.96. The molecule has 2 nitrogen and oxygen atoms in total. The lowest BCUT2D eigenvalue weighted by molar-refractivity contribution is -0.137. The summed E-state index contributed by atoms with van der Waals surface area (Å²) in [5.74, 6) is 0.0711. The van der Waals surface area contributed by atoms with Crippen LogP contribution >= 0.6 is 0 Å². The maximum atomic E-state index is 12.2. The third kappa shape index (κ3) is 1.71. The highest BCUT2D eigenvalue weighted by atomic mass is 19.4. The summed E-state index contributed by atoms with van der Waals surface area (Å²) in [5, 5.41) is 9.82. The molecule has 2 rings (SSSR count). The van der Waals surface area contributed by atoms with Crippen molar-refractivity contribution in [2.24, 2.45) is 5.92 Å². The predicted octanol–water partition coefficient (Wildman–Crippen LogP) is 2.33. The molecule has 2 atom stereocenters. The molecule has 1 aliphatic carbocycles. The van der Waals surface area contributed by atoms with Crippen LogP contribution in [0.1, 0.15) is 24.6 Å². The molecule has 0 radical (unpaired) electrons. The van der Waals surface area contributed by atoms with Crippen molar-refractivity contribution in [3.63, 3.8) is 0 Å². The zero-order valence-electron chi connectivity index (χ0n) is 8.04. The van der Waals surface area contributed by atoms with E-state index in [2.05, 4.69) is 4.98 Å². The van der Waals surface area contributed by atoms with E-state index < -0.39 is 17.3 Å². The van der Waals surface area contributed by atoms with Crippen LogP contribution in [0.15, 0.2) is 18.3 Å². The van der Waals surface area contributed by atoms with Crippen LogP contribution in [-0.4, -0.2) is 10.1 Å². The Kier molecular flexibility index (Phi) is 2.05. The molecule has 0 aromatic carbocycles. The molecule has 82 valence electrons. The lowest BCUT2D eigenvalue weighted by atomic mass is 10.1. The van der Waals surface area contributed by atoms with Crippen molar-refractivity contribution in [3.8, 4) is 0 Å². The van der Waals surface area contributed by atoms with E-state index in [9.17, 15) is 18.3 Å². The molecule has 0 aliphatic heterocycles. The van der Waals surface area contributed by atoms with Gasteiger partial charge >= 0.3 is 6.18 Å². The highest BCUT2D eigenvalue weighted by Crippen LogP contribution is 2.50. The molecule has 5 heteroatoms. The average Bonchev–Trinajstić information content (AvgIpc) is 2.75. The van der Waals surface area contributed by atoms with Gasteiger partial charge in [0.2, 0.25) is 0 Å². The molecule has 0 amide bonds. The number of rotatable bonds is 1. The van der Waals surface area contributed by atoms with Crippen LogP contribution in [0.2, 0.25) is 0 Å². The Hall–Kier alpha value is -1.10. The fourth-order valence-corrected chi connectivity index (χ4v) is 1.58. The van der Waals surface area contributed by atoms with Gasteiger partial charge in [0.1, 0.15) is 5.60 Å². The molecule has 1 aliphatic rings. The maximum Gasteiger partial charge on any atom is 0.417 e. The van der Waals surface area contributed by atoms with Crippen LogP contribution in [0, 0.1) is 5.92 Å². The summed E-state index contributed by atoms with van der Waals surface area (Å²) in [6.07, 6.45) is -3.05. The fraction of sp³-hybridized carbons (Fsp3) is 0.500. The van der Waals surface area contributed by atoms with Gasteiger partial charge in [0.15, 0.2) is 0 Å². The van der Waals surface area contributed by atoms with Gasteiger partial charge in [-0.05, 0) is 24.5 Å². The van der Waals surface area contributed by atoms with Gasteiger partial charge in [-0.2, -0.15) is 13.2 Å². The second kappa shape index (κ2) is 2.95. The number of pyridine rings is 1. The first-order valence-corrected chi connectivity index (χ1v) is 4.60. The standard InChI is InChI=1S/C10H10F3NO/c1-6-4-9(6,15)8-3-2-7(5-14-8)10(11,12)13/h2-3,5-6,15H,4H2,1H3. The molecule has 2 unspecified atom stereocenters. The van der Waals surface area contributed by atoms with Crippen LogP contribution < -0.4 is 0 Å². The summed E-state index contributed by atoms with van der Waals surface area (Å²) in [7, 11) is 0. The SMILES string of the molecule is CC1CC1(O)c1ccc(C(F)(F)F)cn1. The minimum Gasteiger partial charge on any atom is -0.383 e. The van der Waals surface area contributed by atoms with Crippen LogP contribution in [0.4, 0.5) is 13.2 Å². The summed E-state index contributed by atoms with van der Waals surface area (Å²) in [6.45, 7) is 1.83. The van der Waals surface area contributed by atoms with Crippen LogP contribution in [0.25, 0.3) is 0 Å². The minimum atomic E-state index is -4.37. The lowest BCUT2D eigenvalue weighted by Crippen LogP contribution is -2.12. The third-order valence-corrected chi connectivity index (χ3v) is 2.81. The zero-order chi connectivity index (χ0) is 11.3. The molecular formula is C10H10F3NO. The molecule has 1 saturated carbocycles. The Balaban J connectivity index is 2.26. The molecule has 0 spiro atoms. The largest absolute Gasteiger partial charge is 0.417 e. The van der Waals surface area contributed by atoms with Crippen molar-refractivity contribution in [2.45, 2.75) is 25.1 Å². The van der Waals surface area contributed by atoms with E-state index in [0.717, 1.165) is 12.3 Å². The smallest absolute Gasteiger partial charge is 0.383 e. The van der Waals surface area contributed by atoms with Gasteiger partial charge in [0.05, 0.1) is 11.3 Å². The van der Waals surface area contributed by atoms with E-state index in [1.54, 1.807) is 0 Å². The van der Waals surface area contributed by atoms with E-state index >= 15 is 0 Å². The number of hydrogen-bond donors (Lipinski definition) is 1. The quantitative estimate of drug-likeness (QED) is 0.783. The number of aromatic nitrogens is 1. The van der Waals surface area contributed by atoms with Crippen LogP contribution in [-0.2, 0) is 11.8 Å². The first kappa shape index (κ1) is 10.4. The summed E-state index contributed by atoms with van der Waals surface area (Å²) in [5.41, 5.74) is -1.48. The lowest BCUT2D eigenvalue weighted by Gasteiger charge is -2.10. The molecule has 15 heavy (non-hydrogen) atoms. The Morgan fingerprint density at radius 1 is 1.47 bits per heavy atom. The Morgan fingerprint density at radius 2 is 2.07 bits per heavy atom. The zero-order valence-corrected chi connectivity index (χ0v) is 8.04. The third-order valence-electron chi connectivity index (χ3n) is 2.81. The molecule has 1 fully saturated rings. The molecule has 0 bridgehead atoms. The van der Waals surface area contributed by atoms with Gasteiger partial charge in [0, 0.05) is 6.20 Å². The average molecular weight is 217 g/mol. The first-order chi connectivity index (χ1) is 6.84. The molecule has 1 aromatic rings. The van der Waals surface area contributed by atoms with Crippen molar-refractivity contribution in [1.29, 1.82) is 0 Å². The Morgan fingerprint density at radius 3 is 2.40 bits per heavy atom. The second-order valence-corrected chi connectivity index (χ2v) is 3.96. The number of nitrogens with zero attached hydrogens (tertiary/aromatic N) is 1. The van der Waals surface area contributed by atoms with E-state index in [1.165, 1.54) is 6.07 Å². The van der Waals surface area contributed by atoms with Gasteiger partial charge < -0.3 is 5.11 Å². The van der Waals surface area contributed by atoms with Crippen molar-refractivity contribution < 1.29 is 18.3 Å². The summed E-state index contributed by atoms with van der Waals surface area (Å²) in [4.78, 5) is 3.66. The van der Waals surface area contributed by atoms with E-state index in [0.29, 0.717) is 12.1 Å². The topological polar surface area (TPSA) is 33.1 Å². The fourth-order valence-electron chi connectivity index (χ4n) is 1.58. The number of halogens is 3. The van der Waals surface area contributed by atoms with E-state index in [4.69, 9.17) is 0 Å². The molecule has 0 saturated heterocycles. The summed E-state index contributed by atoms with van der Waals surface area (Å²) in [6, 6.07) is 2.19. The normalized spacial score (nSPS) is 30.3. The van der Waals surface area contributed by atoms with E-state index in [-0.39, 0.29) is 5.92 Å². The molecule has 1 heterocycles. The van der Waals surface area contributed by atoms with Crippen molar-refractivity contribution in [3.05, 3.63) is 29.6 Å². The van der Waals surface area contributed by atoms with Gasteiger partial charge in [-0.1, -0.05) is 6.92 Å². The molecule has 1 N–H and O–H groups in total. The van der Waals surface area contributed by atoms with Crippen LogP contribution in [0.5, 0.6) is 0 Å². The van der Waals surface area contributed by atoms with Gasteiger partial charge in [0.25, 0.3) is 0 Å². The van der Waals surface area contributed by atoms with E-state index in [1.807, 2.05) is 6.92 Å². The highest BCUT2D eigenvalue weighted by molar-refractivity contribution is 5.25. The number of alkyl halides is 3. The maximum absolute atomic E-state index is 12.2. The predicted molar refractivity (Wildman–Crippen MR) is 46.9 cm³/mol. The number of hydrogen-bond acceptors (Lipinski definition) is 2. The van der Waals surface area contributed by atoms with Crippen LogP contribution in [0.3, 0.4) is 0 Å².